The Bertz CT molecular complexity index is 103. The van der Waals surface area contributed by atoms with Gasteiger partial charge >= 0.3 is 0 Å². The smallest absolute Gasteiger partial charge is 0.00114 e. The van der Waals surface area contributed by atoms with Crippen LogP contribution in [0, 0.1) is 5.92 Å². The molecule has 0 spiro atoms. The zero-order chi connectivity index (χ0) is 5.98. The minimum Gasteiger partial charge on any atom is -0.330 e. The van der Waals surface area contributed by atoms with Gasteiger partial charge in [0.1, 0.15) is 0 Å². The Hall–Kier alpha value is -0.300. The highest BCUT2D eigenvalue weighted by atomic mass is 14.6. The van der Waals surface area contributed by atoms with E-state index in [1.54, 1.807) is 5.57 Å². The third-order valence-electron chi connectivity index (χ3n) is 1.96. The van der Waals surface area contributed by atoms with Crippen LogP contribution in [0.5, 0.6) is 0 Å². The van der Waals surface area contributed by atoms with Crippen LogP contribution in [-0.4, -0.2) is 6.54 Å². The molecule has 8 heavy (non-hydrogen) atoms. The molecule has 0 amide bonds. The molecule has 2 N–H and O–H groups in total. The molecule has 1 saturated carbocycles. The first kappa shape index (κ1) is 5.83. The van der Waals surface area contributed by atoms with Gasteiger partial charge in [0.2, 0.25) is 0 Å². The summed E-state index contributed by atoms with van der Waals surface area (Å²) in [5.41, 5.74) is 7.02. The maximum absolute atomic E-state index is 5.46. The summed E-state index contributed by atoms with van der Waals surface area (Å²) in [5.74, 6) is 0.736. The molecule has 1 atom stereocenters. The lowest BCUT2D eigenvalue weighted by atomic mass is 9.79. The summed E-state index contributed by atoms with van der Waals surface area (Å²) in [6, 6.07) is 0. The Morgan fingerprint density at radius 2 is 2.62 bits per heavy atom. The largest absolute Gasteiger partial charge is 0.330 e. The van der Waals surface area contributed by atoms with E-state index in [2.05, 4.69) is 13.0 Å². The molecule has 0 bridgehead atoms. The second-order valence-electron chi connectivity index (χ2n) is 2.33. The van der Waals surface area contributed by atoms with E-state index in [0.717, 1.165) is 12.5 Å². The molecular weight excluding hydrogens is 98.1 g/mol. The molecule has 0 heterocycles. The Balaban J connectivity index is 2.38. The van der Waals surface area contributed by atoms with E-state index in [1.165, 1.54) is 12.8 Å². The monoisotopic (exact) mass is 111 g/mol. The average Bonchev–Trinajstić information content (AvgIpc) is 1.66. The Morgan fingerprint density at radius 1 is 1.88 bits per heavy atom. The fourth-order valence-electron chi connectivity index (χ4n) is 1.16. The van der Waals surface area contributed by atoms with E-state index in [4.69, 9.17) is 5.73 Å². The molecule has 0 radical (unpaired) electrons. The fraction of sp³-hybridized carbons (Fsp3) is 0.714. The van der Waals surface area contributed by atoms with Crippen molar-refractivity contribution in [3.63, 3.8) is 0 Å². The van der Waals surface area contributed by atoms with E-state index in [0.29, 0.717) is 0 Å². The molecule has 0 saturated heterocycles. The van der Waals surface area contributed by atoms with Crippen LogP contribution in [-0.2, 0) is 0 Å². The van der Waals surface area contributed by atoms with Gasteiger partial charge in [-0.3, -0.25) is 0 Å². The highest BCUT2D eigenvalue weighted by Crippen LogP contribution is 2.31. The highest BCUT2D eigenvalue weighted by molar-refractivity contribution is 5.14. The second kappa shape index (κ2) is 2.31. The number of rotatable bonds is 1. The Kier molecular flexibility index (Phi) is 1.69. The standard InChI is InChI=1S/C7H13N/c1-2-6-3-4-7(6)5-8/h2,7H,3-5,8H2,1H3/b6-2+. The van der Waals surface area contributed by atoms with Crippen LogP contribution in [0.25, 0.3) is 0 Å². The van der Waals surface area contributed by atoms with Crippen LogP contribution in [0.1, 0.15) is 19.8 Å². The molecule has 46 valence electrons. The van der Waals surface area contributed by atoms with Gasteiger partial charge in [0.05, 0.1) is 0 Å². The summed E-state index contributed by atoms with van der Waals surface area (Å²) in [5, 5.41) is 0. The normalized spacial score (nSPS) is 32.8. The van der Waals surface area contributed by atoms with Crippen molar-refractivity contribution in [2.24, 2.45) is 11.7 Å². The van der Waals surface area contributed by atoms with E-state index in [1.807, 2.05) is 0 Å². The van der Waals surface area contributed by atoms with Crippen LogP contribution >= 0.6 is 0 Å². The van der Waals surface area contributed by atoms with E-state index in [-0.39, 0.29) is 0 Å². The Morgan fingerprint density at radius 3 is 2.75 bits per heavy atom. The van der Waals surface area contributed by atoms with Gasteiger partial charge in [-0.1, -0.05) is 11.6 Å². The van der Waals surface area contributed by atoms with Gasteiger partial charge in [-0.25, -0.2) is 0 Å². The number of hydrogen-bond acceptors (Lipinski definition) is 1. The van der Waals surface area contributed by atoms with Crippen molar-refractivity contribution in [1.29, 1.82) is 0 Å². The van der Waals surface area contributed by atoms with Crippen molar-refractivity contribution in [2.75, 3.05) is 6.54 Å². The zero-order valence-corrected chi connectivity index (χ0v) is 5.35. The van der Waals surface area contributed by atoms with Crippen molar-refractivity contribution >= 4 is 0 Å². The maximum atomic E-state index is 5.46. The molecule has 0 aromatic carbocycles. The predicted molar refractivity (Wildman–Crippen MR) is 35.5 cm³/mol. The fourth-order valence-corrected chi connectivity index (χ4v) is 1.16. The molecule has 0 aromatic rings. The number of nitrogens with two attached hydrogens (primary N) is 1. The van der Waals surface area contributed by atoms with Crippen molar-refractivity contribution < 1.29 is 0 Å². The van der Waals surface area contributed by atoms with Gasteiger partial charge in [-0.05, 0) is 32.2 Å². The van der Waals surface area contributed by atoms with Crippen molar-refractivity contribution in [1.82, 2.24) is 0 Å². The van der Waals surface area contributed by atoms with Gasteiger partial charge in [0.15, 0.2) is 0 Å². The second-order valence-corrected chi connectivity index (χ2v) is 2.33. The molecule has 1 fully saturated rings. The molecular formula is C7H13N. The highest BCUT2D eigenvalue weighted by Gasteiger charge is 2.20. The van der Waals surface area contributed by atoms with Crippen LogP contribution in [0.2, 0.25) is 0 Å². The van der Waals surface area contributed by atoms with E-state index < -0.39 is 0 Å². The minimum absolute atomic E-state index is 0.736. The van der Waals surface area contributed by atoms with Gasteiger partial charge < -0.3 is 5.73 Å². The lowest BCUT2D eigenvalue weighted by molar-refractivity contribution is 0.452. The third kappa shape index (κ3) is 0.781. The first-order valence-electron chi connectivity index (χ1n) is 3.23. The molecule has 0 aliphatic heterocycles. The van der Waals surface area contributed by atoms with Crippen molar-refractivity contribution in [3.8, 4) is 0 Å². The first-order valence-corrected chi connectivity index (χ1v) is 3.23. The molecule has 1 rings (SSSR count). The summed E-state index contributed by atoms with van der Waals surface area (Å²) in [6.45, 7) is 2.94. The Labute approximate surface area is 50.6 Å². The minimum atomic E-state index is 0.736. The molecule has 1 nitrogen and oxygen atoms in total. The van der Waals surface area contributed by atoms with Gasteiger partial charge in [0, 0.05) is 0 Å². The number of allylic oxidation sites excluding steroid dienone is 1. The van der Waals surface area contributed by atoms with Gasteiger partial charge in [-0.2, -0.15) is 0 Å². The summed E-state index contributed by atoms with van der Waals surface area (Å²) >= 11 is 0. The summed E-state index contributed by atoms with van der Waals surface area (Å²) < 4.78 is 0. The molecule has 1 aliphatic carbocycles. The van der Waals surface area contributed by atoms with Gasteiger partial charge in [-0.15, -0.1) is 0 Å². The molecule has 1 unspecified atom stereocenters. The lowest BCUT2D eigenvalue weighted by Crippen LogP contribution is -2.24. The molecule has 0 aromatic heterocycles. The van der Waals surface area contributed by atoms with E-state index in [9.17, 15) is 0 Å². The maximum Gasteiger partial charge on any atom is -0.00114 e. The van der Waals surface area contributed by atoms with Crippen molar-refractivity contribution in [3.05, 3.63) is 11.6 Å². The third-order valence-corrected chi connectivity index (χ3v) is 1.96. The average molecular weight is 111 g/mol. The topological polar surface area (TPSA) is 26.0 Å². The predicted octanol–water partition coefficient (Wildman–Crippen LogP) is 1.30. The molecule has 1 aliphatic rings. The van der Waals surface area contributed by atoms with Crippen LogP contribution in [0.3, 0.4) is 0 Å². The number of hydrogen-bond donors (Lipinski definition) is 1. The van der Waals surface area contributed by atoms with Gasteiger partial charge in [0.25, 0.3) is 0 Å². The van der Waals surface area contributed by atoms with Crippen LogP contribution in [0.15, 0.2) is 11.6 Å². The van der Waals surface area contributed by atoms with Crippen LogP contribution in [0.4, 0.5) is 0 Å². The zero-order valence-electron chi connectivity index (χ0n) is 5.35. The van der Waals surface area contributed by atoms with E-state index >= 15 is 0 Å². The molecule has 1 heteroatoms. The lowest BCUT2D eigenvalue weighted by Gasteiger charge is -2.28. The summed E-state index contributed by atoms with van der Waals surface area (Å²) in [6.07, 6.45) is 4.80. The van der Waals surface area contributed by atoms with Crippen LogP contribution < -0.4 is 5.73 Å². The summed E-state index contributed by atoms with van der Waals surface area (Å²) in [4.78, 5) is 0. The quantitative estimate of drug-likeness (QED) is 0.507. The SMILES string of the molecule is C/C=C1\CCC1CN. The van der Waals surface area contributed by atoms with Crippen molar-refractivity contribution in [2.45, 2.75) is 19.8 Å². The first-order chi connectivity index (χ1) is 3.88. The summed E-state index contributed by atoms with van der Waals surface area (Å²) in [7, 11) is 0.